The molecule has 1 fully saturated rings. The molecule has 0 radical (unpaired) electrons. The predicted octanol–water partition coefficient (Wildman–Crippen LogP) is 2.12. The zero-order valence-electron chi connectivity index (χ0n) is 14.2. The Bertz CT molecular complexity index is 687. The average molecular weight is 333 g/mol. The number of hydrogen-bond donors (Lipinski definition) is 2. The topological polar surface area (TPSA) is 106 Å². The summed E-state index contributed by atoms with van der Waals surface area (Å²) in [4.78, 5) is 24.0. The van der Waals surface area contributed by atoms with E-state index in [1.807, 2.05) is 13.8 Å². The monoisotopic (exact) mass is 333 g/mol. The van der Waals surface area contributed by atoms with Gasteiger partial charge in [0, 0.05) is 19.1 Å². The molecule has 1 aliphatic heterocycles. The fourth-order valence-electron chi connectivity index (χ4n) is 2.79. The molecule has 2 N–H and O–H groups in total. The maximum Gasteiger partial charge on any atom is 0.270 e. The fraction of sp³-hybridized carbons (Fsp3) is 0.625. The molecule has 1 aliphatic rings. The quantitative estimate of drug-likeness (QED) is 0.868. The second-order valence-electron chi connectivity index (χ2n) is 6.43. The van der Waals surface area contributed by atoms with E-state index < -0.39 is 0 Å². The summed E-state index contributed by atoms with van der Waals surface area (Å²) < 4.78 is 10.9. The maximum absolute atomic E-state index is 12.5. The van der Waals surface area contributed by atoms with Crippen molar-refractivity contribution in [3.05, 3.63) is 29.4 Å². The third kappa shape index (κ3) is 3.64. The molecule has 3 rings (SSSR count). The van der Waals surface area contributed by atoms with Gasteiger partial charge < -0.3 is 19.6 Å². The molecule has 0 aliphatic carbocycles. The van der Waals surface area contributed by atoms with E-state index in [0.717, 1.165) is 12.8 Å². The number of aromatic nitrogens is 4. The van der Waals surface area contributed by atoms with Crippen LogP contribution in [0.1, 0.15) is 66.7 Å². The van der Waals surface area contributed by atoms with Crippen LogP contribution in [0.3, 0.4) is 0 Å². The van der Waals surface area contributed by atoms with Crippen molar-refractivity contribution in [3.8, 4) is 0 Å². The van der Waals surface area contributed by atoms with Gasteiger partial charge in [0.15, 0.2) is 5.82 Å². The maximum atomic E-state index is 12.5. The molecule has 1 atom stereocenters. The van der Waals surface area contributed by atoms with Crippen LogP contribution in [0.4, 0.5) is 0 Å². The largest absolute Gasteiger partial charge is 0.381 e. The summed E-state index contributed by atoms with van der Waals surface area (Å²) in [5.74, 6) is 1.94. The lowest BCUT2D eigenvalue weighted by molar-refractivity contribution is 0.0467. The highest BCUT2D eigenvalue weighted by atomic mass is 16.5. The molecule has 0 spiro atoms. The van der Waals surface area contributed by atoms with Crippen molar-refractivity contribution in [3.63, 3.8) is 0 Å². The van der Waals surface area contributed by atoms with E-state index in [1.165, 1.54) is 6.20 Å². The number of aromatic amines is 1. The first-order chi connectivity index (χ1) is 11.5. The van der Waals surface area contributed by atoms with E-state index in [1.54, 1.807) is 6.92 Å². The molecule has 2 aromatic rings. The van der Waals surface area contributed by atoms with Crippen LogP contribution in [-0.4, -0.2) is 39.2 Å². The third-order valence-electron chi connectivity index (χ3n) is 4.21. The van der Waals surface area contributed by atoms with Crippen LogP contribution >= 0.6 is 0 Å². The average Bonchev–Trinajstić information content (AvgIpc) is 3.22. The summed E-state index contributed by atoms with van der Waals surface area (Å²) in [6, 6.07) is -0.329. The van der Waals surface area contributed by atoms with Gasteiger partial charge in [0.2, 0.25) is 5.89 Å². The first-order valence-electron chi connectivity index (χ1n) is 8.28. The second kappa shape index (κ2) is 7.12. The van der Waals surface area contributed by atoms with Crippen molar-refractivity contribution in [1.82, 2.24) is 25.4 Å². The van der Waals surface area contributed by atoms with Gasteiger partial charge in [-0.1, -0.05) is 19.0 Å². The highest BCUT2D eigenvalue weighted by Gasteiger charge is 2.32. The number of carbonyl (C=O) groups is 1. The molecule has 0 aromatic carbocycles. The Balaban J connectivity index is 1.82. The molecule has 8 heteroatoms. The molecule has 2 aromatic heterocycles. The Morgan fingerprint density at radius 2 is 2.12 bits per heavy atom. The summed E-state index contributed by atoms with van der Waals surface area (Å²) in [6.07, 6.45) is 3.21. The van der Waals surface area contributed by atoms with Crippen molar-refractivity contribution in [1.29, 1.82) is 0 Å². The molecule has 130 valence electrons. The van der Waals surface area contributed by atoms with Gasteiger partial charge in [-0.2, -0.15) is 4.98 Å². The highest BCUT2D eigenvalue weighted by molar-refractivity contribution is 5.92. The van der Waals surface area contributed by atoms with Crippen LogP contribution in [0.5, 0.6) is 0 Å². The molecule has 3 heterocycles. The normalized spacial score (nSPS) is 17.2. The Kier molecular flexibility index (Phi) is 4.94. The number of ether oxygens (including phenoxy) is 1. The number of nitrogens with one attached hydrogen (secondary N) is 2. The lowest BCUT2D eigenvalue weighted by Crippen LogP contribution is -2.36. The standard InChI is InChI=1S/C16H23N5O3/c1-9(2)14-20-16(24-21-14)13(11-4-6-23-7-5-11)19-15(22)12-8-17-10(3)18-12/h8-9,11,13H,4-7H2,1-3H3,(H,17,18)(H,19,22). The van der Waals surface area contributed by atoms with Gasteiger partial charge in [-0.05, 0) is 25.7 Å². The van der Waals surface area contributed by atoms with E-state index in [0.29, 0.717) is 36.4 Å². The van der Waals surface area contributed by atoms with Crippen LogP contribution in [0.25, 0.3) is 0 Å². The minimum Gasteiger partial charge on any atom is -0.381 e. The number of hydrogen-bond acceptors (Lipinski definition) is 6. The van der Waals surface area contributed by atoms with Gasteiger partial charge in [0.05, 0.1) is 6.20 Å². The van der Waals surface area contributed by atoms with E-state index in [-0.39, 0.29) is 23.8 Å². The number of H-pyrrole nitrogens is 1. The zero-order valence-corrected chi connectivity index (χ0v) is 14.2. The van der Waals surface area contributed by atoms with Crippen LogP contribution in [0.2, 0.25) is 0 Å². The molecule has 1 unspecified atom stereocenters. The summed E-state index contributed by atoms with van der Waals surface area (Å²) in [7, 11) is 0. The summed E-state index contributed by atoms with van der Waals surface area (Å²) in [6.45, 7) is 7.16. The van der Waals surface area contributed by atoms with Crippen molar-refractivity contribution in [2.45, 2.75) is 45.6 Å². The number of rotatable bonds is 5. The van der Waals surface area contributed by atoms with Crippen LogP contribution < -0.4 is 5.32 Å². The number of aryl methyl sites for hydroxylation is 1. The Hall–Kier alpha value is -2.22. The Morgan fingerprint density at radius 1 is 1.38 bits per heavy atom. The molecular formula is C16H23N5O3. The summed E-state index contributed by atoms with van der Waals surface area (Å²) in [5, 5.41) is 7.05. The second-order valence-corrected chi connectivity index (χ2v) is 6.43. The SMILES string of the molecule is Cc1ncc(C(=O)NC(c2nc(C(C)C)no2)C2CCOCC2)[nH]1. The van der Waals surface area contributed by atoms with Crippen LogP contribution in [-0.2, 0) is 4.74 Å². The number of nitrogens with zero attached hydrogens (tertiary/aromatic N) is 3. The van der Waals surface area contributed by atoms with Crippen molar-refractivity contribution >= 4 is 5.91 Å². The number of imidazole rings is 1. The van der Waals surface area contributed by atoms with E-state index in [2.05, 4.69) is 25.4 Å². The third-order valence-corrected chi connectivity index (χ3v) is 4.21. The Morgan fingerprint density at radius 3 is 2.71 bits per heavy atom. The molecule has 1 saturated heterocycles. The minimum atomic E-state index is -0.329. The fourth-order valence-corrected chi connectivity index (χ4v) is 2.79. The van der Waals surface area contributed by atoms with Gasteiger partial charge in [0.25, 0.3) is 5.91 Å². The minimum absolute atomic E-state index is 0.170. The summed E-state index contributed by atoms with van der Waals surface area (Å²) in [5.41, 5.74) is 0.424. The molecule has 1 amide bonds. The zero-order chi connectivity index (χ0) is 17.1. The Labute approximate surface area is 140 Å². The molecular weight excluding hydrogens is 310 g/mol. The molecule has 0 bridgehead atoms. The van der Waals surface area contributed by atoms with Crippen LogP contribution in [0.15, 0.2) is 10.7 Å². The number of amides is 1. The van der Waals surface area contributed by atoms with E-state index in [9.17, 15) is 4.79 Å². The van der Waals surface area contributed by atoms with Gasteiger partial charge in [-0.3, -0.25) is 4.79 Å². The first-order valence-corrected chi connectivity index (χ1v) is 8.28. The lowest BCUT2D eigenvalue weighted by Gasteiger charge is -2.28. The summed E-state index contributed by atoms with van der Waals surface area (Å²) >= 11 is 0. The lowest BCUT2D eigenvalue weighted by atomic mass is 9.91. The van der Waals surface area contributed by atoms with Gasteiger partial charge in [0.1, 0.15) is 17.6 Å². The molecule has 24 heavy (non-hydrogen) atoms. The van der Waals surface area contributed by atoms with Gasteiger partial charge in [-0.15, -0.1) is 0 Å². The van der Waals surface area contributed by atoms with Gasteiger partial charge >= 0.3 is 0 Å². The van der Waals surface area contributed by atoms with Gasteiger partial charge in [-0.25, -0.2) is 4.98 Å². The van der Waals surface area contributed by atoms with Crippen molar-refractivity contribution < 1.29 is 14.1 Å². The van der Waals surface area contributed by atoms with Crippen molar-refractivity contribution in [2.24, 2.45) is 5.92 Å². The number of carbonyl (C=O) groups excluding carboxylic acids is 1. The first kappa shape index (κ1) is 16.6. The highest BCUT2D eigenvalue weighted by Crippen LogP contribution is 2.30. The van der Waals surface area contributed by atoms with Crippen LogP contribution in [0, 0.1) is 12.8 Å². The smallest absolute Gasteiger partial charge is 0.270 e. The van der Waals surface area contributed by atoms with Crippen molar-refractivity contribution in [2.75, 3.05) is 13.2 Å². The molecule has 8 nitrogen and oxygen atoms in total. The van der Waals surface area contributed by atoms with E-state index >= 15 is 0 Å². The molecule has 0 saturated carbocycles. The predicted molar refractivity (Wildman–Crippen MR) is 85.5 cm³/mol. The van der Waals surface area contributed by atoms with E-state index in [4.69, 9.17) is 9.26 Å².